The lowest BCUT2D eigenvalue weighted by Crippen LogP contribution is -2.26. The number of sulfone groups is 1. The van der Waals surface area contributed by atoms with Crippen molar-refractivity contribution in [2.24, 2.45) is 0 Å². The second-order valence-corrected chi connectivity index (χ2v) is 12.6. The molecule has 0 aliphatic rings. The van der Waals surface area contributed by atoms with Crippen molar-refractivity contribution < 1.29 is 17.9 Å². The van der Waals surface area contributed by atoms with E-state index in [1.165, 1.54) is 0 Å². The topological polar surface area (TPSA) is 52.6 Å². The maximum atomic E-state index is 13.2. The second kappa shape index (κ2) is 9.62. The van der Waals surface area contributed by atoms with E-state index in [-0.39, 0.29) is 20.8 Å². The van der Waals surface area contributed by atoms with Crippen LogP contribution in [0.2, 0.25) is 0 Å². The van der Waals surface area contributed by atoms with E-state index in [1.54, 1.807) is 36.4 Å². The fraction of sp³-hybridized carbons (Fsp3) is 0.290. The summed E-state index contributed by atoms with van der Waals surface area (Å²) in [5.41, 5.74) is 0.772. The highest BCUT2D eigenvalue weighted by atomic mass is 32.2. The fourth-order valence-electron chi connectivity index (χ4n) is 3.88. The van der Waals surface area contributed by atoms with E-state index < -0.39 is 9.84 Å². The molecule has 0 saturated heterocycles. The summed E-state index contributed by atoms with van der Waals surface area (Å²) in [5, 5.41) is 1.90. The minimum atomic E-state index is -3.62. The first kappa shape index (κ1) is 25.8. The Hall–Kier alpha value is -3.31. The van der Waals surface area contributed by atoms with Crippen molar-refractivity contribution in [3.05, 3.63) is 90.5 Å². The number of ether oxygens (including phenoxy) is 2. The van der Waals surface area contributed by atoms with E-state index in [1.807, 2.05) is 48.5 Å². The van der Waals surface area contributed by atoms with Crippen LogP contribution in [0.25, 0.3) is 10.8 Å². The molecule has 0 radical (unpaired) electrons. The quantitative estimate of drug-likeness (QED) is 0.255. The van der Waals surface area contributed by atoms with Crippen LogP contribution >= 0.6 is 0 Å². The van der Waals surface area contributed by atoms with E-state index in [0.29, 0.717) is 11.5 Å². The Morgan fingerprint density at radius 1 is 0.667 bits per heavy atom. The molecule has 0 aromatic heterocycles. The molecule has 0 atom stereocenters. The molecule has 0 aliphatic heterocycles. The van der Waals surface area contributed by atoms with Gasteiger partial charge in [-0.3, -0.25) is 0 Å². The Morgan fingerprint density at radius 2 is 1.17 bits per heavy atom. The first-order chi connectivity index (χ1) is 16.9. The molecule has 0 bridgehead atoms. The van der Waals surface area contributed by atoms with Crippen LogP contribution in [0.4, 0.5) is 0 Å². The molecule has 5 heteroatoms. The van der Waals surface area contributed by atoms with Gasteiger partial charge in [0.05, 0.1) is 9.79 Å². The van der Waals surface area contributed by atoms with Crippen molar-refractivity contribution in [2.45, 2.75) is 68.8 Å². The lowest BCUT2D eigenvalue weighted by molar-refractivity contribution is 0.107. The van der Waals surface area contributed by atoms with Gasteiger partial charge in [0.2, 0.25) is 9.84 Å². The van der Waals surface area contributed by atoms with Crippen LogP contribution in [-0.4, -0.2) is 14.0 Å². The lowest BCUT2D eigenvalue weighted by atomic mass is 9.87. The minimum Gasteiger partial charge on any atom is -0.487 e. The molecule has 0 spiro atoms. The number of hydrogen-bond donors (Lipinski definition) is 0. The van der Waals surface area contributed by atoms with Gasteiger partial charge in [0.15, 0.2) is 0 Å². The molecule has 0 saturated carbocycles. The first-order valence-corrected chi connectivity index (χ1v) is 13.7. The summed E-state index contributed by atoms with van der Waals surface area (Å²) in [6, 6.07) is 25.4. The van der Waals surface area contributed by atoms with Gasteiger partial charge in [-0.25, -0.2) is 8.42 Å². The average molecular weight is 503 g/mol. The third kappa shape index (κ3) is 5.41. The van der Waals surface area contributed by atoms with Crippen molar-refractivity contribution >= 4 is 20.6 Å². The van der Waals surface area contributed by atoms with Crippen molar-refractivity contribution in [2.75, 3.05) is 0 Å². The number of fused-ring (bicyclic) bond motifs is 1. The Morgan fingerprint density at radius 3 is 1.69 bits per heavy atom. The zero-order valence-electron chi connectivity index (χ0n) is 21.8. The highest BCUT2D eigenvalue weighted by Crippen LogP contribution is 2.37. The molecule has 4 nitrogen and oxygen atoms in total. The molecule has 0 heterocycles. The predicted octanol–water partition coefficient (Wildman–Crippen LogP) is 8.33. The van der Waals surface area contributed by atoms with E-state index >= 15 is 0 Å². The highest BCUT2D eigenvalue weighted by molar-refractivity contribution is 7.91. The zero-order valence-corrected chi connectivity index (χ0v) is 22.6. The Balaban J connectivity index is 1.59. The van der Waals surface area contributed by atoms with Gasteiger partial charge in [-0.05, 0) is 79.8 Å². The lowest BCUT2D eigenvalue weighted by Gasteiger charge is -2.26. The van der Waals surface area contributed by atoms with Crippen molar-refractivity contribution in [1.29, 1.82) is 0 Å². The smallest absolute Gasteiger partial charge is 0.206 e. The van der Waals surface area contributed by atoms with Crippen LogP contribution in [0.3, 0.4) is 0 Å². The van der Waals surface area contributed by atoms with Gasteiger partial charge < -0.3 is 9.47 Å². The molecule has 0 fully saturated rings. The third-order valence-corrected chi connectivity index (χ3v) is 8.26. The maximum Gasteiger partial charge on any atom is 0.206 e. The number of hydrogen-bond acceptors (Lipinski definition) is 4. The minimum absolute atomic E-state index is 0.0397. The Kier molecular flexibility index (Phi) is 6.89. The summed E-state index contributed by atoms with van der Waals surface area (Å²) in [4.78, 5) is 0.509. The van der Waals surface area contributed by atoms with Gasteiger partial charge in [0, 0.05) is 10.8 Å². The van der Waals surface area contributed by atoms with Crippen LogP contribution in [0.1, 0.15) is 53.5 Å². The highest BCUT2D eigenvalue weighted by Gasteiger charge is 2.21. The van der Waals surface area contributed by atoms with Gasteiger partial charge in [0.25, 0.3) is 0 Å². The van der Waals surface area contributed by atoms with Crippen LogP contribution in [-0.2, 0) is 15.3 Å². The fourth-order valence-corrected chi connectivity index (χ4v) is 5.15. The summed E-state index contributed by atoms with van der Waals surface area (Å²) in [5.74, 6) is 2.05. The van der Waals surface area contributed by atoms with E-state index in [2.05, 4.69) is 41.5 Å². The van der Waals surface area contributed by atoms with Gasteiger partial charge in [-0.1, -0.05) is 64.1 Å². The monoisotopic (exact) mass is 502 g/mol. The molecule has 4 aromatic carbocycles. The molecule has 0 amide bonds. The van der Waals surface area contributed by atoms with Crippen LogP contribution in [0.15, 0.2) is 94.7 Å². The van der Waals surface area contributed by atoms with Gasteiger partial charge in [-0.15, -0.1) is 0 Å². The number of benzene rings is 4. The van der Waals surface area contributed by atoms with E-state index in [9.17, 15) is 8.42 Å². The third-order valence-electron chi connectivity index (χ3n) is 6.47. The van der Waals surface area contributed by atoms with Gasteiger partial charge in [0.1, 0.15) is 22.8 Å². The Labute approximate surface area is 214 Å². The van der Waals surface area contributed by atoms with E-state index in [4.69, 9.17) is 9.47 Å². The molecule has 188 valence electrons. The summed E-state index contributed by atoms with van der Waals surface area (Å²) >= 11 is 0. The van der Waals surface area contributed by atoms with Gasteiger partial charge >= 0.3 is 0 Å². The zero-order chi connectivity index (χ0) is 26.1. The molecule has 0 N–H and O–H groups in total. The average Bonchev–Trinajstić information content (AvgIpc) is 2.84. The molecule has 4 aromatic rings. The second-order valence-electron chi connectivity index (χ2n) is 10.7. The Bertz CT molecular complexity index is 1460. The maximum absolute atomic E-state index is 13.2. The van der Waals surface area contributed by atoms with Crippen LogP contribution < -0.4 is 9.47 Å². The number of rotatable bonds is 7. The van der Waals surface area contributed by atoms with Crippen molar-refractivity contribution in [1.82, 2.24) is 0 Å². The molecule has 0 aliphatic carbocycles. The molecule has 4 rings (SSSR count). The SMILES string of the molecule is CCC(C)(C)Oc1cccc2c(Oc3ccc(S(=O)(=O)c4ccc(C(C)(C)C)cc4)cc3)cccc12. The predicted molar refractivity (Wildman–Crippen MR) is 146 cm³/mol. The summed E-state index contributed by atoms with van der Waals surface area (Å²) in [6.45, 7) is 12.5. The van der Waals surface area contributed by atoms with Crippen molar-refractivity contribution in [3.63, 3.8) is 0 Å². The van der Waals surface area contributed by atoms with E-state index in [0.717, 1.165) is 28.5 Å². The van der Waals surface area contributed by atoms with Crippen molar-refractivity contribution in [3.8, 4) is 17.2 Å². The molecular formula is C31H34O4S. The molecular weight excluding hydrogens is 468 g/mol. The molecule has 36 heavy (non-hydrogen) atoms. The summed E-state index contributed by atoms with van der Waals surface area (Å²) in [6.07, 6.45) is 0.884. The largest absolute Gasteiger partial charge is 0.487 e. The summed E-state index contributed by atoms with van der Waals surface area (Å²) < 4.78 is 38.8. The van der Waals surface area contributed by atoms with Crippen LogP contribution in [0, 0.1) is 0 Å². The standard InChI is InChI=1S/C31H34O4S/c1-7-31(5,6)35-29-13-9-10-26-27(29)11-8-12-28(26)34-23-16-20-25(21-17-23)36(32,33)24-18-14-22(15-19-24)30(2,3)4/h8-21H,7H2,1-6H3. The molecule has 0 unspecified atom stereocenters. The normalized spacial score (nSPS) is 12.5. The summed E-state index contributed by atoms with van der Waals surface area (Å²) in [7, 11) is -3.62. The first-order valence-electron chi connectivity index (χ1n) is 12.2. The van der Waals surface area contributed by atoms with Crippen LogP contribution in [0.5, 0.6) is 17.2 Å². The van der Waals surface area contributed by atoms with Gasteiger partial charge in [-0.2, -0.15) is 0 Å².